The van der Waals surface area contributed by atoms with Gasteiger partial charge in [-0.25, -0.2) is 8.42 Å². The molecule has 1 aromatic rings. The van der Waals surface area contributed by atoms with Gasteiger partial charge in [-0.05, 0) is 24.6 Å². The summed E-state index contributed by atoms with van der Waals surface area (Å²) in [6.07, 6.45) is 0.592. The summed E-state index contributed by atoms with van der Waals surface area (Å²) < 4.78 is 25.7. The van der Waals surface area contributed by atoms with E-state index in [1.165, 1.54) is 18.2 Å². The predicted molar refractivity (Wildman–Crippen MR) is 70.8 cm³/mol. The summed E-state index contributed by atoms with van der Waals surface area (Å²) in [4.78, 5) is -0.0862. The van der Waals surface area contributed by atoms with Gasteiger partial charge in [-0.2, -0.15) is 14.8 Å². The van der Waals surface area contributed by atoms with Gasteiger partial charge >= 0.3 is 0 Å². The van der Waals surface area contributed by atoms with Crippen LogP contribution in [-0.4, -0.2) is 25.8 Å². The Hall–Kier alpha value is -1.60. The number of hydrogen-bond acceptors (Lipinski definition) is 4. The molecule has 0 saturated heterocycles. The molecule has 0 bridgehead atoms. The van der Waals surface area contributed by atoms with Gasteiger partial charge in [0.2, 0.25) is 10.0 Å². The average Bonchev–Trinajstić information content (AvgIpc) is 2.38. The Morgan fingerprint density at radius 2 is 2.05 bits per heavy atom. The monoisotopic (exact) mass is 297 g/mol. The molecule has 0 aliphatic rings. The highest BCUT2D eigenvalue weighted by Gasteiger charge is 2.26. The molecule has 1 rings (SSSR count). The first-order chi connectivity index (χ1) is 8.97. The van der Waals surface area contributed by atoms with Crippen molar-refractivity contribution in [3.8, 4) is 12.1 Å². The fraction of sp³-hybridized carbons (Fsp3) is 0.333. The van der Waals surface area contributed by atoms with Crippen LogP contribution in [0.4, 0.5) is 0 Å². The van der Waals surface area contributed by atoms with Crippen molar-refractivity contribution in [3.63, 3.8) is 0 Å². The zero-order chi connectivity index (χ0) is 14.5. The van der Waals surface area contributed by atoms with Gasteiger partial charge in [0.05, 0.1) is 22.7 Å². The molecule has 0 aromatic heterocycles. The van der Waals surface area contributed by atoms with E-state index in [-0.39, 0.29) is 28.6 Å². The van der Waals surface area contributed by atoms with E-state index in [1.54, 1.807) is 0 Å². The first kappa shape index (κ1) is 15.5. The van der Waals surface area contributed by atoms with Crippen LogP contribution in [-0.2, 0) is 10.0 Å². The standard InChI is InChI=1S/C12H12ClN3O2S/c1-2-6-16(7-5-14)19(17,18)12-4-3-10(9-15)8-11(12)13/h3-4,8H,2,6-7H2,1H3. The highest BCUT2D eigenvalue weighted by atomic mass is 35.5. The number of sulfonamides is 1. The molecular weight excluding hydrogens is 286 g/mol. The third-order valence-electron chi connectivity index (χ3n) is 2.40. The second-order valence-corrected chi connectivity index (χ2v) is 6.07. The molecule has 0 saturated carbocycles. The Kier molecular flexibility index (Phi) is 5.31. The minimum Gasteiger partial charge on any atom is -0.207 e. The zero-order valence-electron chi connectivity index (χ0n) is 10.3. The minimum atomic E-state index is -3.81. The van der Waals surface area contributed by atoms with Crippen LogP contribution in [0.2, 0.25) is 5.02 Å². The quantitative estimate of drug-likeness (QED) is 0.779. The van der Waals surface area contributed by atoms with E-state index in [1.807, 2.05) is 19.1 Å². The SMILES string of the molecule is CCCN(CC#N)S(=O)(=O)c1ccc(C#N)cc1Cl. The van der Waals surface area contributed by atoms with Gasteiger partial charge in [-0.3, -0.25) is 0 Å². The maximum atomic E-state index is 12.3. The van der Waals surface area contributed by atoms with E-state index in [0.717, 1.165) is 4.31 Å². The molecule has 0 N–H and O–H groups in total. The molecule has 0 spiro atoms. The molecular formula is C12H12ClN3O2S. The fourth-order valence-electron chi connectivity index (χ4n) is 1.53. The summed E-state index contributed by atoms with van der Waals surface area (Å²) in [5.41, 5.74) is 0.284. The molecule has 0 amide bonds. The van der Waals surface area contributed by atoms with E-state index in [4.69, 9.17) is 22.1 Å². The van der Waals surface area contributed by atoms with Gasteiger partial charge in [0.1, 0.15) is 11.4 Å². The van der Waals surface area contributed by atoms with Crippen molar-refractivity contribution >= 4 is 21.6 Å². The van der Waals surface area contributed by atoms with Crippen molar-refractivity contribution in [3.05, 3.63) is 28.8 Å². The van der Waals surface area contributed by atoms with Gasteiger partial charge in [0, 0.05) is 6.54 Å². The Bertz CT molecular complexity index is 644. The Balaban J connectivity index is 3.26. The molecule has 1 aromatic carbocycles. The van der Waals surface area contributed by atoms with E-state index in [0.29, 0.717) is 6.42 Å². The number of rotatable bonds is 5. The van der Waals surface area contributed by atoms with Crippen molar-refractivity contribution in [2.24, 2.45) is 0 Å². The van der Waals surface area contributed by atoms with Crippen LogP contribution in [0.25, 0.3) is 0 Å². The largest absolute Gasteiger partial charge is 0.245 e. The van der Waals surface area contributed by atoms with Gasteiger partial charge in [-0.15, -0.1) is 0 Å². The molecule has 0 atom stereocenters. The predicted octanol–water partition coefficient (Wildman–Crippen LogP) is 2.14. The molecule has 0 aliphatic carbocycles. The molecule has 0 fully saturated rings. The van der Waals surface area contributed by atoms with Crippen LogP contribution in [0.3, 0.4) is 0 Å². The van der Waals surface area contributed by atoms with Crippen molar-refractivity contribution in [1.29, 1.82) is 10.5 Å². The second kappa shape index (κ2) is 6.53. The molecule has 0 unspecified atom stereocenters. The Labute approximate surface area is 117 Å². The number of benzene rings is 1. The maximum Gasteiger partial charge on any atom is 0.245 e. The van der Waals surface area contributed by atoms with E-state index < -0.39 is 10.0 Å². The normalized spacial score (nSPS) is 11.0. The maximum absolute atomic E-state index is 12.3. The number of nitriles is 2. The summed E-state index contributed by atoms with van der Waals surface area (Å²) in [5.74, 6) is 0. The van der Waals surface area contributed by atoms with E-state index in [9.17, 15) is 8.42 Å². The van der Waals surface area contributed by atoms with Crippen LogP contribution < -0.4 is 0 Å². The van der Waals surface area contributed by atoms with Gasteiger partial charge in [0.25, 0.3) is 0 Å². The number of hydrogen-bond donors (Lipinski definition) is 0. The van der Waals surface area contributed by atoms with E-state index >= 15 is 0 Å². The first-order valence-electron chi connectivity index (χ1n) is 5.54. The van der Waals surface area contributed by atoms with Gasteiger partial charge < -0.3 is 0 Å². The third kappa shape index (κ3) is 3.45. The third-order valence-corrected chi connectivity index (χ3v) is 4.73. The molecule has 19 heavy (non-hydrogen) atoms. The van der Waals surface area contributed by atoms with Crippen LogP contribution in [0.5, 0.6) is 0 Å². The lowest BCUT2D eigenvalue weighted by Crippen LogP contribution is -2.32. The molecule has 0 heterocycles. The Morgan fingerprint density at radius 1 is 1.37 bits per heavy atom. The summed E-state index contributed by atoms with van der Waals surface area (Å²) >= 11 is 5.90. The van der Waals surface area contributed by atoms with Crippen LogP contribution in [0.1, 0.15) is 18.9 Å². The molecule has 0 aliphatic heterocycles. The molecule has 5 nitrogen and oxygen atoms in total. The molecule has 7 heteroatoms. The minimum absolute atomic E-state index is 0.0157. The summed E-state index contributed by atoms with van der Waals surface area (Å²) in [6, 6.07) is 7.67. The lowest BCUT2D eigenvalue weighted by molar-refractivity contribution is 0.444. The highest BCUT2D eigenvalue weighted by Crippen LogP contribution is 2.25. The van der Waals surface area contributed by atoms with Crippen LogP contribution in [0, 0.1) is 22.7 Å². The van der Waals surface area contributed by atoms with E-state index in [2.05, 4.69) is 0 Å². The number of halogens is 1. The zero-order valence-corrected chi connectivity index (χ0v) is 11.9. The van der Waals surface area contributed by atoms with Crippen molar-refractivity contribution < 1.29 is 8.42 Å². The van der Waals surface area contributed by atoms with Crippen molar-refractivity contribution in [1.82, 2.24) is 4.31 Å². The second-order valence-electron chi connectivity index (χ2n) is 3.75. The van der Waals surface area contributed by atoms with Crippen LogP contribution in [0.15, 0.2) is 23.1 Å². The lowest BCUT2D eigenvalue weighted by Gasteiger charge is -2.19. The smallest absolute Gasteiger partial charge is 0.207 e. The topological polar surface area (TPSA) is 85.0 Å². The molecule has 100 valence electrons. The summed E-state index contributed by atoms with van der Waals surface area (Å²) in [5, 5.41) is 17.4. The summed E-state index contributed by atoms with van der Waals surface area (Å²) in [6.45, 7) is 1.83. The summed E-state index contributed by atoms with van der Waals surface area (Å²) in [7, 11) is -3.81. The average molecular weight is 298 g/mol. The van der Waals surface area contributed by atoms with Crippen molar-refractivity contribution in [2.45, 2.75) is 18.2 Å². The van der Waals surface area contributed by atoms with Crippen LogP contribution >= 0.6 is 11.6 Å². The fourth-order valence-corrected chi connectivity index (χ4v) is 3.48. The first-order valence-corrected chi connectivity index (χ1v) is 7.36. The number of nitrogens with zero attached hydrogens (tertiary/aromatic N) is 3. The highest BCUT2D eigenvalue weighted by molar-refractivity contribution is 7.89. The Morgan fingerprint density at radius 3 is 2.53 bits per heavy atom. The van der Waals surface area contributed by atoms with Gasteiger partial charge in [-0.1, -0.05) is 18.5 Å². The van der Waals surface area contributed by atoms with Crippen molar-refractivity contribution in [2.75, 3.05) is 13.1 Å². The van der Waals surface area contributed by atoms with Gasteiger partial charge in [0.15, 0.2) is 0 Å². The lowest BCUT2D eigenvalue weighted by atomic mass is 10.2. The molecule has 0 radical (unpaired) electrons.